The largest absolute Gasteiger partial charge is 0.409 e. The summed E-state index contributed by atoms with van der Waals surface area (Å²) in [6.45, 7) is 5.89. The molecule has 0 radical (unpaired) electrons. The fourth-order valence-corrected chi connectivity index (χ4v) is 2.01. The second kappa shape index (κ2) is 4.52. The van der Waals surface area contributed by atoms with Gasteiger partial charge in [-0.2, -0.15) is 5.10 Å². The zero-order valence-electron chi connectivity index (χ0n) is 10.7. The van der Waals surface area contributed by atoms with Crippen LogP contribution in [0.2, 0.25) is 0 Å². The van der Waals surface area contributed by atoms with Crippen molar-refractivity contribution in [1.29, 1.82) is 0 Å². The minimum atomic E-state index is 0.118. The van der Waals surface area contributed by atoms with E-state index in [0.717, 1.165) is 28.2 Å². The van der Waals surface area contributed by atoms with E-state index in [1.807, 2.05) is 49.7 Å². The summed E-state index contributed by atoms with van der Waals surface area (Å²) in [5.74, 6) is 0.118. The third kappa shape index (κ3) is 2.07. The Morgan fingerprint density at radius 2 is 2.00 bits per heavy atom. The molecule has 0 aliphatic carbocycles. The van der Waals surface area contributed by atoms with Gasteiger partial charge >= 0.3 is 0 Å². The molecule has 0 aliphatic rings. The summed E-state index contributed by atoms with van der Waals surface area (Å²) in [5.41, 5.74) is 10.3. The molecule has 94 valence electrons. The van der Waals surface area contributed by atoms with E-state index in [-0.39, 0.29) is 5.84 Å². The van der Waals surface area contributed by atoms with Crippen molar-refractivity contribution in [2.24, 2.45) is 10.9 Å². The fourth-order valence-electron chi connectivity index (χ4n) is 2.01. The lowest BCUT2D eigenvalue weighted by molar-refractivity contribution is 0.318. The number of aromatic nitrogens is 2. The molecule has 1 aromatic carbocycles. The van der Waals surface area contributed by atoms with Crippen LogP contribution in [-0.2, 0) is 0 Å². The van der Waals surface area contributed by atoms with Crippen LogP contribution in [0.15, 0.2) is 29.4 Å². The third-order valence-electron chi connectivity index (χ3n) is 2.85. The zero-order valence-corrected chi connectivity index (χ0v) is 10.7. The number of nitrogens with two attached hydrogens (primary N) is 1. The lowest BCUT2D eigenvalue weighted by Gasteiger charge is -2.08. The monoisotopic (exact) mass is 244 g/mol. The third-order valence-corrected chi connectivity index (χ3v) is 2.85. The molecule has 5 heteroatoms. The van der Waals surface area contributed by atoms with Gasteiger partial charge in [-0.1, -0.05) is 5.16 Å². The van der Waals surface area contributed by atoms with Crippen LogP contribution in [0.1, 0.15) is 22.5 Å². The summed E-state index contributed by atoms with van der Waals surface area (Å²) in [6.07, 6.45) is 0. The molecule has 0 aliphatic heterocycles. The summed E-state index contributed by atoms with van der Waals surface area (Å²) in [6, 6.07) is 7.72. The first-order valence-electron chi connectivity index (χ1n) is 5.65. The highest BCUT2D eigenvalue weighted by Crippen LogP contribution is 2.16. The normalized spacial score (nSPS) is 11.8. The average Bonchev–Trinajstić information content (AvgIpc) is 2.67. The lowest BCUT2D eigenvalue weighted by Crippen LogP contribution is -2.15. The maximum Gasteiger partial charge on any atom is 0.170 e. The van der Waals surface area contributed by atoms with Crippen LogP contribution in [0.3, 0.4) is 0 Å². The van der Waals surface area contributed by atoms with Crippen molar-refractivity contribution in [3.63, 3.8) is 0 Å². The summed E-state index contributed by atoms with van der Waals surface area (Å²) in [7, 11) is 0. The Labute approximate surface area is 106 Å². The second-order valence-electron chi connectivity index (χ2n) is 4.32. The van der Waals surface area contributed by atoms with Crippen molar-refractivity contribution in [1.82, 2.24) is 9.78 Å². The number of amidine groups is 1. The molecule has 1 aromatic heterocycles. The second-order valence-corrected chi connectivity index (χ2v) is 4.32. The zero-order chi connectivity index (χ0) is 13.3. The van der Waals surface area contributed by atoms with Crippen molar-refractivity contribution in [3.05, 3.63) is 46.8 Å². The first kappa shape index (κ1) is 12.2. The Morgan fingerprint density at radius 1 is 1.28 bits per heavy atom. The quantitative estimate of drug-likeness (QED) is 0.366. The van der Waals surface area contributed by atoms with Crippen molar-refractivity contribution in [2.75, 3.05) is 0 Å². The highest BCUT2D eigenvalue weighted by Gasteiger charge is 2.08. The van der Waals surface area contributed by atoms with Crippen molar-refractivity contribution >= 4 is 5.84 Å². The van der Waals surface area contributed by atoms with Crippen LogP contribution in [0.4, 0.5) is 0 Å². The highest BCUT2D eigenvalue weighted by atomic mass is 16.4. The molecule has 0 amide bonds. The molecule has 0 atom stereocenters. The highest BCUT2D eigenvalue weighted by molar-refractivity contribution is 5.98. The van der Waals surface area contributed by atoms with E-state index in [9.17, 15) is 0 Å². The van der Waals surface area contributed by atoms with E-state index in [0.29, 0.717) is 0 Å². The van der Waals surface area contributed by atoms with Gasteiger partial charge < -0.3 is 10.9 Å². The van der Waals surface area contributed by atoms with Crippen molar-refractivity contribution < 1.29 is 5.21 Å². The number of hydrogen-bond acceptors (Lipinski definition) is 3. The van der Waals surface area contributed by atoms with Gasteiger partial charge in [0.1, 0.15) is 0 Å². The Bertz CT molecular complexity index is 613. The van der Waals surface area contributed by atoms with E-state index < -0.39 is 0 Å². The van der Waals surface area contributed by atoms with Crippen LogP contribution in [0.25, 0.3) is 5.69 Å². The molecule has 0 fully saturated rings. The SMILES string of the molecule is Cc1cc(C)n(-c2ccc(/C(N)=N/O)c(C)c2)n1. The first-order valence-corrected chi connectivity index (χ1v) is 5.65. The molecule has 5 nitrogen and oxygen atoms in total. The van der Waals surface area contributed by atoms with Gasteiger partial charge in [-0.3, -0.25) is 0 Å². The fraction of sp³-hybridized carbons (Fsp3) is 0.231. The minimum absolute atomic E-state index is 0.118. The Hall–Kier alpha value is -2.30. The number of aryl methyl sites for hydroxylation is 3. The van der Waals surface area contributed by atoms with E-state index in [1.54, 1.807) is 0 Å². The topological polar surface area (TPSA) is 76.4 Å². The molecule has 0 spiro atoms. The number of hydrogen-bond donors (Lipinski definition) is 2. The molecule has 0 unspecified atom stereocenters. The van der Waals surface area contributed by atoms with E-state index >= 15 is 0 Å². The summed E-state index contributed by atoms with van der Waals surface area (Å²) in [4.78, 5) is 0. The molecule has 1 heterocycles. The van der Waals surface area contributed by atoms with Crippen LogP contribution in [0, 0.1) is 20.8 Å². The van der Waals surface area contributed by atoms with Crippen LogP contribution >= 0.6 is 0 Å². The molecule has 0 saturated heterocycles. The average molecular weight is 244 g/mol. The van der Waals surface area contributed by atoms with Gasteiger partial charge in [-0.25, -0.2) is 4.68 Å². The van der Waals surface area contributed by atoms with Gasteiger partial charge in [0.2, 0.25) is 0 Å². The summed E-state index contributed by atoms with van der Waals surface area (Å²) < 4.78 is 1.87. The molecule has 3 N–H and O–H groups in total. The Kier molecular flexibility index (Phi) is 3.06. The predicted octanol–water partition coefficient (Wildman–Crippen LogP) is 1.89. The van der Waals surface area contributed by atoms with Gasteiger partial charge in [-0.05, 0) is 50.6 Å². The van der Waals surface area contributed by atoms with Gasteiger partial charge in [0, 0.05) is 11.3 Å². The van der Waals surface area contributed by atoms with Crippen LogP contribution < -0.4 is 5.73 Å². The van der Waals surface area contributed by atoms with Crippen molar-refractivity contribution in [2.45, 2.75) is 20.8 Å². The maximum absolute atomic E-state index is 8.69. The van der Waals surface area contributed by atoms with Crippen molar-refractivity contribution in [3.8, 4) is 5.69 Å². The minimum Gasteiger partial charge on any atom is -0.409 e. The summed E-state index contributed by atoms with van der Waals surface area (Å²) in [5, 5.41) is 16.1. The molecule has 0 saturated carbocycles. The van der Waals surface area contributed by atoms with Crippen LogP contribution in [-0.4, -0.2) is 20.8 Å². The Morgan fingerprint density at radius 3 is 2.50 bits per heavy atom. The number of rotatable bonds is 2. The van der Waals surface area contributed by atoms with Gasteiger partial charge in [0.25, 0.3) is 0 Å². The van der Waals surface area contributed by atoms with Gasteiger partial charge in [-0.15, -0.1) is 0 Å². The van der Waals surface area contributed by atoms with E-state index in [2.05, 4.69) is 10.3 Å². The van der Waals surface area contributed by atoms with Gasteiger partial charge in [0.05, 0.1) is 11.4 Å². The molecule has 18 heavy (non-hydrogen) atoms. The maximum atomic E-state index is 8.69. The lowest BCUT2D eigenvalue weighted by atomic mass is 10.1. The molecular formula is C13H16N4O. The number of oxime groups is 1. The van der Waals surface area contributed by atoms with E-state index in [1.165, 1.54) is 0 Å². The Balaban J connectivity index is 2.50. The molecular weight excluding hydrogens is 228 g/mol. The predicted molar refractivity (Wildman–Crippen MR) is 70.3 cm³/mol. The molecule has 0 bridgehead atoms. The standard InChI is InChI=1S/C13H16N4O/c1-8-6-11(4-5-12(8)13(14)16-18)17-10(3)7-9(2)15-17/h4-7,18H,1-3H3,(H2,14,16). The molecule has 2 rings (SSSR count). The first-order chi connectivity index (χ1) is 8.52. The number of benzene rings is 1. The summed E-state index contributed by atoms with van der Waals surface area (Å²) >= 11 is 0. The number of nitrogens with zero attached hydrogens (tertiary/aromatic N) is 3. The van der Waals surface area contributed by atoms with Crippen LogP contribution in [0.5, 0.6) is 0 Å². The molecule has 2 aromatic rings. The van der Waals surface area contributed by atoms with E-state index in [4.69, 9.17) is 10.9 Å². The smallest absolute Gasteiger partial charge is 0.170 e. The van der Waals surface area contributed by atoms with Gasteiger partial charge in [0.15, 0.2) is 5.84 Å².